The molecule has 2 amide bonds. The fraction of sp³-hybridized carbons (Fsp3) is 0.500. The van der Waals surface area contributed by atoms with Crippen molar-refractivity contribution in [1.29, 1.82) is 0 Å². The third-order valence-electron chi connectivity index (χ3n) is 8.29. The molecule has 2 aliphatic heterocycles. The Hall–Kier alpha value is -4.10. The van der Waals surface area contributed by atoms with Crippen LogP contribution in [0.25, 0.3) is 11.0 Å². The van der Waals surface area contributed by atoms with Crippen LogP contribution >= 0.6 is 0 Å². The summed E-state index contributed by atoms with van der Waals surface area (Å²) < 4.78 is 8.79. The van der Waals surface area contributed by atoms with Crippen molar-refractivity contribution in [1.82, 2.24) is 23.9 Å². The Morgan fingerprint density at radius 3 is 2.48 bits per heavy atom. The summed E-state index contributed by atoms with van der Waals surface area (Å²) in [6, 6.07) is 11.5. The topological polar surface area (TPSA) is 110 Å². The number of piperidine rings is 2. The maximum atomic E-state index is 13.9. The molecule has 1 N–H and O–H groups in total. The fourth-order valence-corrected chi connectivity index (χ4v) is 6.08. The Labute approximate surface area is 245 Å². The summed E-state index contributed by atoms with van der Waals surface area (Å²) in [5.74, 6) is 2.12. The molecule has 0 unspecified atom stereocenters. The first-order chi connectivity index (χ1) is 20.0. The molecule has 2 fully saturated rings. The number of terminal acetylenes is 1. The molecule has 5 rings (SSSR count). The standard InChI is InChI=1S/C32H39N5O5/c1-5-15-34-16-12-25-27(34)33-22-37(29(25)39)21-32(41)13-18-35(19-14-32)28(38)24-11-17-36(30(40)42-31(2,3)4)20-26(24)23-9-7-6-8-10-23/h1,6-10,12,16,22,24,26,41H,11,13-15,17-21H2,2-4H3/t24-,26+/m1/s1. The van der Waals surface area contributed by atoms with Gasteiger partial charge in [-0.25, -0.2) is 9.78 Å². The number of carbonyl (C=O) groups is 2. The van der Waals surface area contributed by atoms with Crippen LogP contribution in [0, 0.1) is 18.3 Å². The highest BCUT2D eigenvalue weighted by Crippen LogP contribution is 2.36. The van der Waals surface area contributed by atoms with Gasteiger partial charge in [-0.2, -0.15) is 0 Å². The van der Waals surface area contributed by atoms with Crippen molar-refractivity contribution in [2.45, 2.75) is 70.2 Å². The van der Waals surface area contributed by atoms with E-state index in [-0.39, 0.29) is 35.9 Å². The first-order valence-corrected chi connectivity index (χ1v) is 14.5. The van der Waals surface area contributed by atoms with Gasteiger partial charge in [0.05, 0.1) is 24.1 Å². The third-order valence-corrected chi connectivity index (χ3v) is 8.29. The van der Waals surface area contributed by atoms with Gasteiger partial charge in [-0.05, 0) is 51.7 Å². The molecule has 0 spiro atoms. The van der Waals surface area contributed by atoms with Crippen LogP contribution < -0.4 is 5.56 Å². The van der Waals surface area contributed by atoms with Gasteiger partial charge in [-0.1, -0.05) is 36.3 Å². The van der Waals surface area contributed by atoms with Crippen LogP contribution in [0.4, 0.5) is 4.79 Å². The smallest absolute Gasteiger partial charge is 0.410 e. The quantitative estimate of drug-likeness (QED) is 0.470. The minimum Gasteiger partial charge on any atom is -0.444 e. The van der Waals surface area contributed by atoms with E-state index in [1.165, 1.54) is 10.9 Å². The second-order valence-corrected chi connectivity index (χ2v) is 12.5. The molecule has 10 nitrogen and oxygen atoms in total. The van der Waals surface area contributed by atoms with Crippen molar-refractivity contribution < 1.29 is 19.4 Å². The molecule has 0 bridgehead atoms. The van der Waals surface area contributed by atoms with Gasteiger partial charge in [-0.15, -0.1) is 6.42 Å². The van der Waals surface area contributed by atoms with Crippen LogP contribution in [-0.4, -0.2) is 78.4 Å². The minimum atomic E-state index is -1.14. The average Bonchev–Trinajstić information content (AvgIpc) is 3.37. The molecular weight excluding hydrogens is 534 g/mol. The van der Waals surface area contributed by atoms with Crippen LogP contribution in [0.3, 0.4) is 0 Å². The summed E-state index contributed by atoms with van der Waals surface area (Å²) in [5.41, 5.74) is -0.444. The van der Waals surface area contributed by atoms with E-state index in [0.29, 0.717) is 63.0 Å². The molecule has 2 atom stereocenters. The van der Waals surface area contributed by atoms with Gasteiger partial charge in [0.1, 0.15) is 17.6 Å². The molecular formula is C32H39N5O5. The second-order valence-electron chi connectivity index (χ2n) is 12.5. The number of ether oxygens (including phenoxy) is 1. The van der Waals surface area contributed by atoms with E-state index >= 15 is 0 Å². The molecule has 3 aromatic rings. The lowest BCUT2D eigenvalue weighted by atomic mass is 9.79. The predicted molar refractivity (Wildman–Crippen MR) is 159 cm³/mol. The summed E-state index contributed by atoms with van der Waals surface area (Å²) in [6.07, 6.45) is 9.45. The zero-order valence-electron chi connectivity index (χ0n) is 24.5. The van der Waals surface area contributed by atoms with Crippen molar-refractivity contribution in [2.75, 3.05) is 26.2 Å². The van der Waals surface area contributed by atoms with Crippen LogP contribution in [-0.2, 0) is 22.6 Å². The van der Waals surface area contributed by atoms with Gasteiger partial charge in [0.25, 0.3) is 5.56 Å². The predicted octanol–water partition coefficient (Wildman–Crippen LogP) is 3.23. The molecule has 2 aromatic heterocycles. The highest BCUT2D eigenvalue weighted by Gasteiger charge is 2.42. The van der Waals surface area contributed by atoms with Crippen molar-refractivity contribution in [2.24, 2.45) is 5.92 Å². The lowest BCUT2D eigenvalue weighted by Gasteiger charge is -2.43. The number of amides is 2. The van der Waals surface area contributed by atoms with Crippen molar-refractivity contribution in [3.8, 4) is 12.3 Å². The number of hydrogen-bond acceptors (Lipinski definition) is 6. The summed E-state index contributed by atoms with van der Waals surface area (Å²) in [7, 11) is 0. The first-order valence-electron chi connectivity index (χ1n) is 14.5. The van der Waals surface area contributed by atoms with Gasteiger partial charge >= 0.3 is 6.09 Å². The van der Waals surface area contributed by atoms with E-state index in [0.717, 1.165) is 5.56 Å². The van der Waals surface area contributed by atoms with E-state index in [1.807, 2.05) is 56.0 Å². The zero-order valence-corrected chi connectivity index (χ0v) is 24.5. The van der Waals surface area contributed by atoms with Crippen molar-refractivity contribution >= 4 is 23.0 Å². The van der Waals surface area contributed by atoms with Crippen molar-refractivity contribution in [3.63, 3.8) is 0 Å². The normalized spacial score (nSPS) is 20.7. The van der Waals surface area contributed by atoms with E-state index in [1.54, 1.807) is 21.7 Å². The molecule has 0 saturated carbocycles. The summed E-state index contributed by atoms with van der Waals surface area (Å²) in [6.45, 7) is 7.54. The van der Waals surface area contributed by atoms with E-state index < -0.39 is 11.2 Å². The van der Waals surface area contributed by atoms with Crippen LogP contribution in [0.1, 0.15) is 51.5 Å². The molecule has 1 aromatic carbocycles. The van der Waals surface area contributed by atoms with Gasteiger partial charge in [0, 0.05) is 44.2 Å². The van der Waals surface area contributed by atoms with E-state index in [2.05, 4.69) is 10.9 Å². The number of aliphatic hydroxyl groups is 1. The number of likely N-dealkylation sites (tertiary alicyclic amines) is 2. The van der Waals surface area contributed by atoms with Gasteiger partial charge < -0.3 is 24.2 Å². The number of carbonyl (C=O) groups excluding carboxylic acids is 2. The van der Waals surface area contributed by atoms with Crippen molar-refractivity contribution in [3.05, 3.63) is 64.8 Å². The van der Waals surface area contributed by atoms with Gasteiger partial charge in [0.2, 0.25) is 5.91 Å². The molecule has 2 aliphatic rings. The third kappa shape index (κ3) is 6.21. The number of hydrogen-bond donors (Lipinski definition) is 1. The molecule has 4 heterocycles. The van der Waals surface area contributed by atoms with Gasteiger partial charge in [0.15, 0.2) is 0 Å². The average molecular weight is 574 g/mol. The zero-order chi connectivity index (χ0) is 30.1. The Morgan fingerprint density at radius 1 is 1.10 bits per heavy atom. The highest BCUT2D eigenvalue weighted by molar-refractivity contribution is 5.81. The number of nitrogens with zero attached hydrogens (tertiary/aromatic N) is 5. The highest BCUT2D eigenvalue weighted by atomic mass is 16.6. The lowest BCUT2D eigenvalue weighted by Crippen LogP contribution is -2.53. The van der Waals surface area contributed by atoms with Crippen LogP contribution in [0.5, 0.6) is 0 Å². The Morgan fingerprint density at radius 2 is 1.81 bits per heavy atom. The lowest BCUT2D eigenvalue weighted by molar-refractivity contribution is -0.142. The first kappa shape index (κ1) is 29.4. The monoisotopic (exact) mass is 573 g/mol. The molecule has 222 valence electrons. The molecule has 0 aliphatic carbocycles. The minimum absolute atomic E-state index is 0.0323. The molecule has 0 radical (unpaired) electrons. The van der Waals surface area contributed by atoms with Crippen LogP contribution in [0.2, 0.25) is 0 Å². The summed E-state index contributed by atoms with van der Waals surface area (Å²) in [5, 5.41) is 11.9. The Balaban J connectivity index is 1.27. The summed E-state index contributed by atoms with van der Waals surface area (Å²) >= 11 is 0. The van der Waals surface area contributed by atoms with E-state index in [4.69, 9.17) is 11.2 Å². The number of aromatic nitrogens is 3. The van der Waals surface area contributed by atoms with E-state index in [9.17, 15) is 19.5 Å². The molecule has 10 heteroatoms. The summed E-state index contributed by atoms with van der Waals surface area (Å²) in [4.78, 5) is 47.8. The van der Waals surface area contributed by atoms with Gasteiger partial charge in [-0.3, -0.25) is 14.2 Å². The largest absolute Gasteiger partial charge is 0.444 e. The molecule has 2 saturated heterocycles. The number of rotatable bonds is 5. The Kier molecular flexibility index (Phi) is 8.15. The fourth-order valence-electron chi connectivity index (χ4n) is 6.08. The van der Waals surface area contributed by atoms with Crippen LogP contribution in [0.15, 0.2) is 53.7 Å². The second kappa shape index (κ2) is 11.6. The maximum Gasteiger partial charge on any atom is 0.410 e. The number of benzene rings is 1. The molecule has 42 heavy (non-hydrogen) atoms. The Bertz CT molecular complexity index is 1540. The SMILES string of the molecule is C#CCn1ccc2c(=O)n(CC3(O)CCN(C(=O)[C@@H]4CCN(C(=O)OC(C)(C)C)C[C@H]4c4ccccc4)CC3)cnc21. The number of fused-ring (bicyclic) bond motifs is 1. The maximum absolute atomic E-state index is 13.9.